The Hall–Kier alpha value is -1.39. The Morgan fingerprint density at radius 2 is 2.06 bits per heavy atom. The van der Waals surface area contributed by atoms with Gasteiger partial charge in [0.2, 0.25) is 0 Å². The summed E-state index contributed by atoms with van der Waals surface area (Å²) in [5.41, 5.74) is 1.21. The largest absolute Gasteiger partial charge is 0.460 e. The molecule has 1 unspecified atom stereocenters. The van der Waals surface area contributed by atoms with E-state index in [-0.39, 0.29) is 18.7 Å². The van der Waals surface area contributed by atoms with Crippen molar-refractivity contribution in [3.8, 4) is 0 Å². The SMILES string of the molecule is COCC(=O)OC(C)CNCc1ccccc1. The van der Waals surface area contributed by atoms with Crippen molar-refractivity contribution in [2.24, 2.45) is 0 Å². The third kappa shape index (κ3) is 6.04. The van der Waals surface area contributed by atoms with Gasteiger partial charge in [-0.05, 0) is 12.5 Å². The van der Waals surface area contributed by atoms with Crippen LogP contribution in [0, 0.1) is 0 Å². The number of esters is 1. The van der Waals surface area contributed by atoms with Crippen molar-refractivity contribution in [1.29, 1.82) is 0 Å². The summed E-state index contributed by atoms with van der Waals surface area (Å²) in [4.78, 5) is 11.1. The van der Waals surface area contributed by atoms with Gasteiger partial charge in [-0.3, -0.25) is 0 Å². The Morgan fingerprint density at radius 1 is 1.35 bits per heavy atom. The molecule has 0 radical (unpaired) electrons. The average Bonchev–Trinajstić information content (AvgIpc) is 2.30. The summed E-state index contributed by atoms with van der Waals surface area (Å²) < 4.78 is 9.79. The lowest BCUT2D eigenvalue weighted by Gasteiger charge is -2.13. The van der Waals surface area contributed by atoms with Crippen molar-refractivity contribution in [2.45, 2.75) is 19.6 Å². The van der Waals surface area contributed by atoms with Crippen LogP contribution in [0.2, 0.25) is 0 Å². The molecule has 0 aliphatic carbocycles. The minimum absolute atomic E-state index is 0.00300. The molecule has 4 nitrogen and oxygen atoms in total. The van der Waals surface area contributed by atoms with Crippen LogP contribution in [-0.2, 0) is 20.8 Å². The molecule has 0 saturated heterocycles. The van der Waals surface area contributed by atoms with Crippen molar-refractivity contribution in [3.05, 3.63) is 35.9 Å². The number of hydrogen-bond acceptors (Lipinski definition) is 4. The van der Waals surface area contributed by atoms with Crippen LogP contribution in [0.3, 0.4) is 0 Å². The maximum Gasteiger partial charge on any atom is 0.332 e. The second-order valence-electron chi connectivity index (χ2n) is 3.85. The number of hydrogen-bond donors (Lipinski definition) is 1. The van der Waals surface area contributed by atoms with E-state index in [2.05, 4.69) is 22.2 Å². The molecule has 0 aromatic heterocycles. The zero-order chi connectivity index (χ0) is 12.5. The first-order valence-electron chi connectivity index (χ1n) is 5.65. The molecule has 1 rings (SSSR count). The van der Waals surface area contributed by atoms with Crippen molar-refractivity contribution in [2.75, 3.05) is 20.3 Å². The topological polar surface area (TPSA) is 47.6 Å². The first-order chi connectivity index (χ1) is 8.22. The fraction of sp³-hybridized carbons (Fsp3) is 0.462. The van der Waals surface area contributed by atoms with Gasteiger partial charge in [0.1, 0.15) is 12.7 Å². The molecule has 1 aromatic carbocycles. The summed E-state index contributed by atoms with van der Waals surface area (Å²) in [6.45, 7) is 3.26. The van der Waals surface area contributed by atoms with Gasteiger partial charge in [0.15, 0.2) is 0 Å². The van der Waals surface area contributed by atoms with Gasteiger partial charge in [0, 0.05) is 20.2 Å². The summed E-state index contributed by atoms with van der Waals surface area (Å²) in [6, 6.07) is 10.1. The summed E-state index contributed by atoms with van der Waals surface area (Å²) in [5, 5.41) is 3.23. The minimum Gasteiger partial charge on any atom is -0.460 e. The Morgan fingerprint density at radius 3 is 2.71 bits per heavy atom. The van der Waals surface area contributed by atoms with Crippen LogP contribution >= 0.6 is 0 Å². The van der Waals surface area contributed by atoms with Gasteiger partial charge < -0.3 is 14.8 Å². The van der Waals surface area contributed by atoms with E-state index in [9.17, 15) is 4.79 Å². The number of ether oxygens (including phenoxy) is 2. The van der Waals surface area contributed by atoms with E-state index in [1.807, 2.05) is 25.1 Å². The van der Waals surface area contributed by atoms with Crippen LogP contribution in [0.15, 0.2) is 30.3 Å². The molecule has 0 aliphatic heterocycles. The highest BCUT2D eigenvalue weighted by atomic mass is 16.6. The van der Waals surface area contributed by atoms with E-state index in [4.69, 9.17) is 4.74 Å². The molecule has 0 fully saturated rings. The van der Waals surface area contributed by atoms with Crippen LogP contribution in [-0.4, -0.2) is 32.3 Å². The molecule has 1 atom stereocenters. The third-order valence-corrected chi connectivity index (χ3v) is 2.20. The van der Waals surface area contributed by atoms with Gasteiger partial charge in [-0.15, -0.1) is 0 Å². The summed E-state index contributed by atoms with van der Waals surface area (Å²) >= 11 is 0. The quantitative estimate of drug-likeness (QED) is 0.727. The van der Waals surface area contributed by atoms with Gasteiger partial charge >= 0.3 is 5.97 Å². The van der Waals surface area contributed by atoms with Crippen LogP contribution in [0.25, 0.3) is 0 Å². The molecule has 0 spiro atoms. The normalized spacial score (nSPS) is 12.1. The van der Waals surface area contributed by atoms with E-state index in [0.717, 1.165) is 6.54 Å². The van der Waals surface area contributed by atoms with E-state index in [1.54, 1.807) is 0 Å². The molecule has 94 valence electrons. The fourth-order valence-electron chi connectivity index (χ4n) is 1.43. The molecule has 17 heavy (non-hydrogen) atoms. The Kier molecular flexibility index (Phi) is 6.29. The zero-order valence-electron chi connectivity index (χ0n) is 10.3. The summed E-state index contributed by atoms with van der Waals surface area (Å²) in [5.74, 6) is -0.332. The smallest absolute Gasteiger partial charge is 0.332 e. The van der Waals surface area contributed by atoms with Gasteiger partial charge in [-0.2, -0.15) is 0 Å². The van der Waals surface area contributed by atoms with Gasteiger partial charge in [-0.1, -0.05) is 30.3 Å². The van der Waals surface area contributed by atoms with Crippen LogP contribution in [0.4, 0.5) is 0 Å². The first kappa shape index (κ1) is 13.7. The highest BCUT2D eigenvalue weighted by Gasteiger charge is 2.08. The maximum atomic E-state index is 11.1. The van der Waals surface area contributed by atoms with Crippen molar-refractivity contribution < 1.29 is 14.3 Å². The van der Waals surface area contributed by atoms with Crippen LogP contribution in [0.5, 0.6) is 0 Å². The lowest BCUT2D eigenvalue weighted by molar-refractivity contribution is -0.152. The molecular weight excluding hydrogens is 218 g/mol. The predicted octanol–water partition coefficient (Wildman–Crippen LogP) is 1.35. The van der Waals surface area contributed by atoms with Crippen molar-refractivity contribution in [3.63, 3.8) is 0 Å². The molecule has 1 N–H and O–H groups in total. The van der Waals surface area contributed by atoms with E-state index >= 15 is 0 Å². The Balaban J connectivity index is 2.16. The van der Waals surface area contributed by atoms with Gasteiger partial charge in [-0.25, -0.2) is 4.79 Å². The molecule has 1 aromatic rings. The Bertz CT molecular complexity index is 327. The van der Waals surface area contributed by atoms with Crippen molar-refractivity contribution >= 4 is 5.97 Å². The van der Waals surface area contributed by atoms with Gasteiger partial charge in [0.05, 0.1) is 0 Å². The average molecular weight is 237 g/mol. The second-order valence-corrected chi connectivity index (χ2v) is 3.85. The Labute approximate surface area is 102 Å². The van der Waals surface area contributed by atoms with E-state index in [1.165, 1.54) is 12.7 Å². The predicted molar refractivity (Wildman–Crippen MR) is 65.6 cm³/mol. The van der Waals surface area contributed by atoms with E-state index < -0.39 is 0 Å². The molecule has 0 amide bonds. The number of rotatable bonds is 7. The zero-order valence-corrected chi connectivity index (χ0v) is 10.3. The number of benzene rings is 1. The van der Waals surface area contributed by atoms with Crippen LogP contribution < -0.4 is 5.32 Å². The molecule has 4 heteroatoms. The molecule has 0 aliphatic rings. The highest BCUT2D eigenvalue weighted by molar-refractivity contribution is 5.70. The molecule has 0 bridgehead atoms. The number of carbonyl (C=O) groups is 1. The lowest BCUT2D eigenvalue weighted by Crippen LogP contribution is -2.29. The standard InChI is InChI=1S/C13H19NO3/c1-11(17-13(15)10-16-2)8-14-9-12-6-4-3-5-7-12/h3-7,11,14H,8-10H2,1-2H3. The molecule has 0 heterocycles. The number of carbonyl (C=O) groups excluding carboxylic acids is 1. The maximum absolute atomic E-state index is 11.1. The van der Waals surface area contributed by atoms with Crippen molar-refractivity contribution in [1.82, 2.24) is 5.32 Å². The number of methoxy groups -OCH3 is 1. The summed E-state index contributed by atoms with van der Waals surface area (Å²) in [6.07, 6.45) is -0.152. The van der Waals surface area contributed by atoms with E-state index in [0.29, 0.717) is 6.54 Å². The monoisotopic (exact) mass is 237 g/mol. The molecular formula is C13H19NO3. The first-order valence-corrected chi connectivity index (χ1v) is 5.65. The highest BCUT2D eigenvalue weighted by Crippen LogP contribution is 1.98. The minimum atomic E-state index is -0.332. The van der Waals surface area contributed by atoms with Gasteiger partial charge in [0.25, 0.3) is 0 Å². The lowest BCUT2D eigenvalue weighted by atomic mass is 10.2. The summed E-state index contributed by atoms with van der Waals surface area (Å²) in [7, 11) is 1.47. The third-order valence-electron chi connectivity index (χ3n) is 2.20. The van der Waals surface area contributed by atoms with Crippen LogP contribution in [0.1, 0.15) is 12.5 Å². The molecule has 0 saturated carbocycles. The number of nitrogens with one attached hydrogen (secondary N) is 1. The fourth-order valence-corrected chi connectivity index (χ4v) is 1.43. The second kappa shape index (κ2) is 7.81.